The molecule has 0 unspecified atom stereocenters. The van der Waals surface area contributed by atoms with Crippen LogP contribution in [0.5, 0.6) is 5.75 Å². The highest BCUT2D eigenvalue weighted by Gasteiger charge is 2.34. The zero-order chi connectivity index (χ0) is 25.2. The number of benzene rings is 2. The van der Waals surface area contributed by atoms with Crippen molar-refractivity contribution < 1.29 is 9.53 Å². The molecule has 0 spiro atoms. The summed E-state index contributed by atoms with van der Waals surface area (Å²) in [5, 5.41) is 4.47. The van der Waals surface area contributed by atoms with E-state index in [1.807, 2.05) is 49.4 Å². The molecule has 5 rings (SSSR count). The molecule has 36 heavy (non-hydrogen) atoms. The van der Waals surface area contributed by atoms with Crippen molar-refractivity contribution in [1.29, 1.82) is 0 Å². The van der Waals surface area contributed by atoms with Crippen LogP contribution < -0.4 is 19.7 Å². The topological polar surface area (TPSA) is 76.8 Å². The van der Waals surface area contributed by atoms with Gasteiger partial charge in [0.1, 0.15) is 10.3 Å². The zero-order valence-electron chi connectivity index (χ0n) is 20.3. The number of hydrogen-bond acceptors (Lipinski definition) is 6. The first-order valence-electron chi connectivity index (χ1n) is 12.3. The summed E-state index contributed by atoms with van der Waals surface area (Å²) >= 11 is 4.70. The van der Waals surface area contributed by atoms with Crippen molar-refractivity contribution in [3.63, 3.8) is 0 Å². The molecule has 0 atom stereocenters. The maximum Gasteiger partial charge on any atom is 0.291 e. The Morgan fingerprint density at radius 2 is 1.81 bits per heavy atom. The number of unbranched alkanes of at least 4 members (excludes halogenated alkanes) is 3. The molecule has 0 fully saturated rings. The maximum atomic E-state index is 13.4. The van der Waals surface area contributed by atoms with E-state index in [2.05, 4.69) is 32.9 Å². The fourth-order valence-electron chi connectivity index (χ4n) is 4.40. The second kappa shape index (κ2) is 10.5. The van der Waals surface area contributed by atoms with E-state index in [-0.39, 0.29) is 11.5 Å². The number of anilines is 1. The van der Waals surface area contributed by atoms with Crippen LogP contribution in [0.2, 0.25) is 0 Å². The Balaban J connectivity index is 1.46. The fourth-order valence-corrected chi connectivity index (χ4v) is 5.75. The zero-order valence-corrected chi connectivity index (χ0v) is 22.7. The first kappa shape index (κ1) is 24.6. The van der Waals surface area contributed by atoms with Gasteiger partial charge in [0.25, 0.3) is 11.5 Å². The van der Waals surface area contributed by atoms with Gasteiger partial charge in [0.05, 0.1) is 17.9 Å². The van der Waals surface area contributed by atoms with Crippen molar-refractivity contribution in [3.05, 3.63) is 67.4 Å². The van der Waals surface area contributed by atoms with E-state index in [1.165, 1.54) is 35.1 Å². The van der Waals surface area contributed by atoms with E-state index in [0.29, 0.717) is 34.0 Å². The molecular formula is C27H27BrN4O3S. The molecule has 0 radical (unpaired) electrons. The van der Waals surface area contributed by atoms with E-state index in [4.69, 9.17) is 4.74 Å². The van der Waals surface area contributed by atoms with E-state index in [1.54, 1.807) is 4.90 Å². The van der Waals surface area contributed by atoms with Gasteiger partial charge in [-0.3, -0.25) is 9.59 Å². The summed E-state index contributed by atoms with van der Waals surface area (Å²) in [6.07, 6.45) is 5.47. The predicted molar refractivity (Wildman–Crippen MR) is 147 cm³/mol. The van der Waals surface area contributed by atoms with Crippen LogP contribution in [0.4, 0.5) is 5.69 Å². The number of amides is 1. The number of fused-ring (bicyclic) bond motifs is 2. The molecule has 1 amide bonds. The molecule has 1 aliphatic heterocycles. The van der Waals surface area contributed by atoms with E-state index in [0.717, 1.165) is 39.9 Å². The van der Waals surface area contributed by atoms with E-state index < -0.39 is 0 Å². The van der Waals surface area contributed by atoms with Crippen molar-refractivity contribution in [3.8, 4) is 17.1 Å². The van der Waals surface area contributed by atoms with Gasteiger partial charge in [-0.05, 0) is 55.3 Å². The Labute approximate surface area is 221 Å². The van der Waals surface area contributed by atoms with Crippen LogP contribution >= 0.6 is 27.3 Å². The van der Waals surface area contributed by atoms with Crippen LogP contribution in [-0.4, -0.2) is 33.7 Å². The number of ether oxygens (including phenoxy) is 1. The molecule has 2 aromatic carbocycles. The van der Waals surface area contributed by atoms with E-state index >= 15 is 0 Å². The molecule has 1 aliphatic rings. The fraction of sp³-hybridized carbons (Fsp3) is 0.333. The third-order valence-corrected chi connectivity index (χ3v) is 7.71. The van der Waals surface area contributed by atoms with Crippen molar-refractivity contribution in [1.82, 2.24) is 14.6 Å². The molecule has 186 valence electrons. The molecule has 3 heterocycles. The van der Waals surface area contributed by atoms with Gasteiger partial charge in [-0.15, -0.1) is 5.10 Å². The quantitative estimate of drug-likeness (QED) is 0.260. The van der Waals surface area contributed by atoms with Gasteiger partial charge in [0.2, 0.25) is 4.96 Å². The predicted octanol–water partition coefficient (Wildman–Crippen LogP) is 5.21. The van der Waals surface area contributed by atoms with Crippen LogP contribution in [0.25, 0.3) is 21.9 Å². The monoisotopic (exact) mass is 566 g/mol. The minimum atomic E-state index is -0.326. The smallest absolute Gasteiger partial charge is 0.291 e. The van der Waals surface area contributed by atoms with Gasteiger partial charge in [-0.2, -0.15) is 9.50 Å². The third kappa shape index (κ3) is 4.57. The second-order valence-corrected chi connectivity index (χ2v) is 10.7. The summed E-state index contributed by atoms with van der Waals surface area (Å²) in [6, 6.07) is 13.3. The lowest BCUT2D eigenvalue weighted by Gasteiger charge is -2.15. The highest BCUT2D eigenvalue weighted by Crippen LogP contribution is 2.37. The van der Waals surface area contributed by atoms with Gasteiger partial charge in [-0.25, -0.2) is 0 Å². The molecular weight excluding hydrogens is 540 g/mol. The first-order valence-corrected chi connectivity index (χ1v) is 13.9. The number of hydrogen-bond donors (Lipinski definition) is 0. The third-order valence-electron chi connectivity index (χ3n) is 6.19. The van der Waals surface area contributed by atoms with Gasteiger partial charge in [0, 0.05) is 22.1 Å². The largest absolute Gasteiger partial charge is 0.494 e. The number of halogens is 1. The van der Waals surface area contributed by atoms with Crippen molar-refractivity contribution >= 4 is 49.4 Å². The number of aromatic nitrogens is 3. The lowest BCUT2D eigenvalue weighted by atomic mass is 10.1. The average molecular weight is 568 g/mol. The Morgan fingerprint density at radius 1 is 1.00 bits per heavy atom. The summed E-state index contributed by atoms with van der Waals surface area (Å²) in [4.78, 5) is 33.5. The molecule has 7 nitrogen and oxygen atoms in total. The summed E-state index contributed by atoms with van der Waals surface area (Å²) < 4.78 is 8.34. The molecule has 4 aromatic rings. The van der Waals surface area contributed by atoms with Crippen molar-refractivity contribution in [2.45, 2.75) is 46.0 Å². The van der Waals surface area contributed by atoms with Crippen molar-refractivity contribution in [2.24, 2.45) is 0 Å². The summed E-state index contributed by atoms with van der Waals surface area (Å²) in [5.41, 5.74) is 2.48. The highest BCUT2D eigenvalue weighted by atomic mass is 79.9. The molecule has 0 N–H and O–H groups in total. The van der Waals surface area contributed by atoms with Crippen molar-refractivity contribution in [2.75, 3.05) is 18.1 Å². The standard InChI is InChI=1S/C27H27BrN4O3S/c1-3-5-6-7-15-35-19-11-8-17(9-12-19)24-29-27-32(30-24)26(34)23(36-27)22-20-16-18(28)10-13-21(20)31(14-4-2)25(22)33/h8-13,16H,3-7,14-15H2,1-2H3/b23-22-. The van der Waals surface area contributed by atoms with Crippen LogP contribution in [0.1, 0.15) is 51.5 Å². The maximum absolute atomic E-state index is 13.4. The molecule has 2 aromatic heterocycles. The molecule has 0 aliphatic carbocycles. The van der Waals surface area contributed by atoms with Gasteiger partial charge >= 0.3 is 0 Å². The molecule has 0 saturated carbocycles. The van der Waals surface area contributed by atoms with Crippen LogP contribution in [0.3, 0.4) is 0 Å². The Hall–Kier alpha value is -3.04. The van der Waals surface area contributed by atoms with Crippen LogP contribution in [0.15, 0.2) is 51.7 Å². The summed E-state index contributed by atoms with van der Waals surface area (Å²) in [6.45, 7) is 5.51. The minimum absolute atomic E-state index is 0.156. The number of thiazole rings is 1. The van der Waals surface area contributed by atoms with E-state index in [9.17, 15) is 9.59 Å². The number of carbonyl (C=O) groups is 1. The van der Waals surface area contributed by atoms with Crippen LogP contribution in [-0.2, 0) is 4.79 Å². The van der Waals surface area contributed by atoms with Crippen LogP contribution in [0, 0.1) is 0 Å². The van der Waals surface area contributed by atoms with Gasteiger partial charge in [0.15, 0.2) is 5.82 Å². The van der Waals surface area contributed by atoms with Gasteiger partial charge in [-0.1, -0.05) is 60.4 Å². The average Bonchev–Trinajstić information content (AvgIpc) is 3.50. The second-order valence-electron chi connectivity index (χ2n) is 8.79. The lowest BCUT2D eigenvalue weighted by molar-refractivity contribution is -0.113. The summed E-state index contributed by atoms with van der Waals surface area (Å²) in [7, 11) is 0. The highest BCUT2D eigenvalue weighted by molar-refractivity contribution is 9.10. The number of nitrogens with zero attached hydrogens (tertiary/aromatic N) is 4. The first-order chi connectivity index (χ1) is 17.5. The normalized spacial score (nSPS) is 14.6. The van der Waals surface area contributed by atoms with Gasteiger partial charge < -0.3 is 9.64 Å². The minimum Gasteiger partial charge on any atom is -0.494 e. The molecule has 0 bridgehead atoms. The Morgan fingerprint density at radius 3 is 2.53 bits per heavy atom. The SMILES string of the molecule is CCCCCCOc1ccc(-c2nc3s/c(=C4\C(=O)N(CCC)c5ccc(Br)cc54)c(=O)n3n2)cc1. The number of rotatable bonds is 9. The Bertz CT molecular complexity index is 1530. The lowest BCUT2D eigenvalue weighted by Crippen LogP contribution is -2.32. The molecule has 0 saturated heterocycles. The molecule has 9 heteroatoms. The number of carbonyl (C=O) groups excluding carboxylic acids is 1. The summed E-state index contributed by atoms with van der Waals surface area (Å²) in [5.74, 6) is 1.12. The Kier molecular flexibility index (Phi) is 7.20.